The smallest absolute Gasteiger partial charge is 0.125 e. The van der Waals surface area contributed by atoms with E-state index < -0.39 is 0 Å². The Morgan fingerprint density at radius 1 is 0.773 bits per heavy atom. The van der Waals surface area contributed by atoms with Gasteiger partial charge in [-0.2, -0.15) is 0 Å². The first-order valence-electron chi connectivity index (χ1n) is 8.13. The fourth-order valence-corrected chi connectivity index (χ4v) is 3.06. The number of benzene rings is 1. The predicted octanol–water partition coefficient (Wildman–Crippen LogP) is 5.12. The minimum Gasteiger partial charge on any atom is -0.303 e. The van der Waals surface area contributed by atoms with E-state index >= 15 is 0 Å². The Balaban J connectivity index is 2.78. The van der Waals surface area contributed by atoms with Gasteiger partial charge in [-0.05, 0) is 35.8 Å². The maximum Gasteiger partial charge on any atom is 0.125 e. The maximum atomic E-state index is 11.1. The van der Waals surface area contributed by atoms with Gasteiger partial charge in [0.2, 0.25) is 0 Å². The molecule has 1 rings (SSSR count). The van der Waals surface area contributed by atoms with Gasteiger partial charge < -0.3 is 9.59 Å². The SMILES string of the molecule is CC(CC(C)(C)C=O)c1ccc(C(C)CC(C)(C)C=O)cc1. The van der Waals surface area contributed by atoms with Crippen molar-refractivity contribution in [2.75, 3.05) is 0 Å². The largest absolute Gasteiger partial charge is 0.303 e. The first-order valence-corrected chi connectivity index (χ1v) is 8.13. The minimum absolute atomic E-state index is 0.278. The van der Waals surface area contributed by atoms with E-state index in [0.717, 1.165) is 25.4 Å². The summed E-state index contributed by atoms with van der Waals surface area (Å²) in [5.41, 5.74) is 1.97. The second-order valence-electron chi connectivity index (χ2n) is 8.09. The van der Waals surface area contributed by atoms with Crippen LogP contribution in [0.3, 0.4) is 0 Å². The molecule has 0 aliphatic heterocycles. The summed E-state index contributed by atoms with van der Waals surface area (Å²) in [5.74, 6) is 0.715. The molecule has 2 heteroatoms. The third-order valence-corrected chi connectivity index (χ3v) is 4.38. The van der Waals surface area contributed by atoms with Crippen molar-refractivity contribution < 1.29 is 9.59 Å². The van der Waals surface area contributed by atoms with Crippen LogP contribution in [0.2, 0.25) is 0 Å². The van der Waals surface area contributed by atoms with Crippen molar-refractivity contribution in [3.63, 3.8) is 0 Å². The lowest BCUT2D eigenvalue weighted by Crippen LogP contribution is -2.17. The van der Waals surface area contributed by atoms with Gasteiger partial charge in [0.05, 0.1) is 0 Å². The summed E-state index contributed by atoms with van der Waals surface area (Å²) >= 11 is 0. The van der Waals surface area contributed by atoms with E-state index in [1.165, 1.54) is 11.1 Å². The van der Waals surface area contributed by atoms with Crippen molar-refractivity contribution in [1.82, 2.24) is 0 Å². The van der Waals surface area contributed by atoms with E-state index in [1.807, 2.05) is 27.7 Å². The molecule has 0 heterocycles. The summed E-state index contributed by atoms with van der Waals surface area (Å²) < 4.78 is 0. The molecule has 1 aromatic carbocycles. The van der Waals surface area contributed by atoms with Crippen LogP contribution in [0.15, 0.2) is 24.3 Å². The molecule has 0 fully saturated rings. The van der Waals surface area contributed by atoms with Crippen LogP contribution in [0.25, 0.3) is 0 Å². The van der Waals surface area contributed by atoms with E-state index in [1.54, 1.807) is 0 Å². The van der Waals surface area contributed by atoms with Crippen molar-refractivity contribution in [1.29, 1.82) is 0 Å². The number of carbonyl (C=O) groups is 2. The van der Waals surface area contributed by atoms with Crippen molar-refractivity contribution >= 4 is 12.6 Å². The molecule has 122 valence electrons. The van der Waals surface area contributed by atoms with Gasteiger partial charge in [0.1, 0.15) is 12.6 Å². The number of rotatable bonds is 8. The number of aldehydes is 2. The van der Waals surface area contributed by atoms with E-state index in [4.69, 9.17) is 0 Å². The lowest BCUT2D eigenvalue weighted by atomic mass is 9.80. The average molecular weight is 302 g/mol. The summed E-state index contributed by atoms with van der Waals surface area (Å²) in [7, 11) is 0. The molecule has 0 spiro atoms. The van der Waals surface area contributed by atoms with Crippen LogP contribution < -0.4 is 0 Å². The number of hydrogen-bond donors (Lipinski definition) is 0. The highest BCUT2D eigenvalue weighted by atomic mass is 16.1. The molecule has 0 saturated carbocycles. The summed E-state index contributed by atoms with van der Waals surface area (Å²) in [4.78, 5) is 22.1. The molecule has 0 radical (unpaired) electrons. The Bertz CT molecular complexity index is 450. The standard InChI is InChI=1S/C20H30O2/c1-15(11-19(3,4)13-21)17-7-9-18(10-8-17)16(2)12-20(5,6)14-22/h7-10,13-16H,11-12H2,1-6H3. The van der Waals surface area contributed by atoms with E-state index in [-0.39, 0.29) is 10.8 Å². The number of carbonyl (C=O) groups excluding carboxylic acids is 2. The van der Waals surface area contributed by atoms with Crippen molar-refractivity contribution in [2.45, 2.75) is 66.2 Å². The monoisotopic (exact) mass is 302 g/mol. The van der Waals surface area contributed by atoms with Crippen LogP contribution in [0.1, 0.15) is 77.3 Å². The van der Waals surface area contributed by atoms with Gasteiger partial charge in [-0.1, -0.05) is 65.8 Å². The van der Waals surface area contributed by atoms with Gasteiger partial charge in [-0.3, -0.25) is 0 Å². The highest BCUT2D eigenvalue weighted by molar-refractivity contribution is 5.58. The second-order valence-corrected chi connectivity index (χ2v) is 8.09. The topological polar surface area (TPSA) is 34.1 Å². The predicted molar refractivity (Wildman–Crippen MR) is 92.2 cm³/mol. The molecular weight excluding hydrogens is 272 g/mol. The van der Waals surface area contributed by atoms with Gasteiger partial charge in [-0.15, -0.1) is 0 Å². The summed E-state index contributed by atoms with van der Waals surface area (Å²) in [5, 5.41) is 0. The van der Waals surface area contributed by atoms with Gasteiger partial charge >= 0.3 is 0 Å². The van der Waals surface area contributed by atoms with Crippen LogP contribution in [0, 0.1) is 10.8 Å². The van der Waals surface area contributed by atoms with E-state index in [0.29, 0.717) is 11.8 Å². The van der Waals surface area contributed by atoms with Crippen LogP contribution >= 0.6 is 0 Å². The minimum atomic E-state index is -0.278. The molecule has 0 amide bonds. The van der Waals surface area contributed by atoms with Crippen LogP contribution in [-0.2, 0) is 9.59 Å². The fourth-order valence-electron chi connectivity index (χ4n) is 3.06. The van der Waals surface area contributed by atoms with E-state index in [9.17, 15) is 9.59 Å². The summed E-state index contributed by atoms with van der Waals surface area (Å²) in [6.07, 6.45) is 3.79. The highest BCUT2D eigenvalue weighted by Gasteiger charge is 2.23. The molecule has 0 aliphatic carbocycles. The molecule has 22 heavy (non-hydrogen) atoms. The molecule has 0 aliphatic rings. The van der Waals surface area contributed by atoms with Crippen LogP contribution in [0.5, 0.6) is 0 Å². The van der Waals surface area contributed by atoms with Gasteiger partial charge in [0.15, 0.2) is 0 Å². The summed E-state index contributed by atoms with van der Waals surface area (Å²) in [6, 6.07) is 8.63. The molecule has 0 aromatic heterocycles. The molecule has 1 aromatic rings. The zero-order chi connectivity index (χ0) is 17.0. The molecule has 0 N–H and O–H groups in total. The molecule has 0 bridgehead atoms. The second kappa shape index (κ2) is 7.21. The number of hydrogen-bond acceptors (Lipinski definition) is 2. The third kappa shape index (κ3) is 5.40. The van der Waals surface area contributed by atoms with Gasteiger partial charge in [0.25, 0.3) is 0 Å². The zero-order valence-electron chi connectivity index (χ0n) is 14.8. The Kier molecular flexibility index (Phi) is 6.10. The van der Waals surface area contributed by atoms with Gasteiger partial charge in [0, 0.05) is 10.8 Å². The molecule has 2 nitrogen and oxygen atoms in total. The third-order valence-electron chi connectivity index (χ3n) is 4.38. The Morgan fingerprint density at radius 2 is 1.05 bits per heavy atom. The first kappa shape index (κ1) is 18.6. The normalized spacial score (nSPS) is 15.2. The van der Waals surface area contributed by atoms with Crippen LogP contribution in [-0.4, -0.2) is 12.6 Å². The maximum absolute atomic E-state index is 11.1. The highest BCUT2D eigenvalue weighted by Crippen LogP contribution is 2.33. The Labute approximate surface area is 135 Å². The Morgan fingerprint density at radius 3 is 1.27 bits per heavy atom. The summed E-state index contributed by atoms with van der Waals surface area (Å²) in [6.45, 7) is 12.3. The lowest BCUT2D eigenvalue weighted by Gasteiger charge is -2.24. The van der Waals surface area contributed by atoms with Crippen molar-refractivity contribution in [2.24, 2.45) is 10.8 Å². The first-order chi connectivity index (χ1) is 10.1. The molecule has 2 atom stereocenters. The average Bonchev–Trinajstić information content (AvgIpc) is 2.46. The van der Waals surface area contributed by atoms with Crippen LogP contribution in [0.4, 0.5) is 0 Å². The fraction of sp³-hybridized carbons (Fsp3) is 0.600. The zero-order valence-corrected chi connectivity index (χ0v) is 14.8. The van der Waals surface area contributed by atoms with E-state index in [2.05, 4.69) is 38.1 Å². The molecule has 0 saturated heterocycles. The van der Waals surface area contributed by atoms with Crippen molar-refractivity contribution in [3.8, 4) is 0 Å². The Hall–Kier alpha value is -1.44. The molecule has 2 unspecified atom stereocenters. The lowest BCUT2D eigenvalue weighted by molar-refractivity contribution is -0.115. The quantitative estimate of drug-likeness (QED) is 0.624. The van der Waals surface area contributed by atoms with Gasteiger partial charge in [-0.25, -0.2) is 0 Å². The van der Waals surface area contributed by atoms with Crippen molar-refractivity contribution in [3.05, 3.63) is 35.4 Å². The molecular formula is C20H30O2.